The van der Waals surface area contributed by atoms with Gasteiger partial charge in [-0.05, 0) is 25.3 Å². The summed E-state index contributed by atoms with van der Waals surface area (Å²) in [6.45, 7) is 0. The predicted molar refractivity (Wildman–Crippen MR) is 100 cm³/mol. The molecule has 0 spiro atoms. The fourth-order valence-electron chi connectivity index (χ4n) is 3.49. The number of aromatic nitrogens is 4. The molecule has 9 heteroatoms. The third kappa shape index (κ3) is 3.47. The van der Waals surface area contributed by atoms with Crippen molar-refractivity contribution < 1.29 is 14.2 Å². The molecule has 0 aromatic carbocycles. The molecule has 1 fully saturated rings. The van der Waals surface area contributed by atoms with E-state index in [9.17, 15) is 9.50 Å². The first-order valence-electron chi connectivity index (χ1n) is 8.69. The molecule has 3 heterocycles. The molecule has 0 aliphatic heterocycles. The van der Waals surface area contributed by atoms with Crippen LogP contribution in [0.5, 0.6) is 0 Å². The van der Waals surface area contributed by atoms with Crippen molar-refractivity contribution in [3.05, 3.63) is 35.5 Å². The molecular weight excluding hydrogens is 373 g/mol. The van der Waals surface area contributed by atoms with E-state index in [1.165, 1.54) is 0 Å². The number of hydrogen-bond acceptors (Lipinski definition) is 6. The van der Waals surface area contributed by atoms with E-state index in [1.54, 1.807) is 25.6 Å². The van der Waals surface area contributed by atoms with E-state index in [0.29, 0.717) is 28.5 Å². The smallest absolute Gasteiger partial charge is 0.183 e. The molecule has 1 aliphatic rings. The number of ether oxygens (including phenoxy) is 1. The van der Waals surface area contributed by atoms with Gasteiger partial charge in [-0.1, -0.05) is 11.6 Å². The molecule has 0 unspecified atom stereocenters. The van der Waals surface area contributed by atoms with Crippen LogP contribution < -0.4 is 5.32 Å². The van der Waals surface area contributed by atoms with Gasteiger partial charge in [0.2, 0.25) is 0 Å². The Hall–Kier alpha value is -2.29. The van der Waals surface area contributed by atoms with Crippen molar-refractivity contribution in [2.24, 2.45) is 0 Å². The maximum atomic E-state index is 14.3. The number of hydrogen-bond donors (Lipinski definition) is 3. The van der Waals surface area contributed by atoms with Crippen molar-refractivity contribution in [1.29, 1.82) is 0 Å². The summed E-state index contributed by atoms with van der Waals surface area (Å²) >= 11 is 6.03. The number of halogens is 2. The fourth-order valence-corrected chi connectivity index (χ4v) is 3.65. The average Bonchev–Trinajstić information content (AvgIpc) is 3.08. The standard InChI is InChI=1S/C18H19ClFN5O2/c1-27-14-4-2-3-13(15(14)26)24-18-12(20)8-23-17(25-18)11-7-22-16-10(11)5-9(19)6-21-16/h5-8,13-15,26H,2-4H2,1H3,(H,21,22)(H,23,24,25)/t13-,14+,15+/m0/s1. The van der Waals surface area contributed by atoms with Crippen LogP contribution in [0.1, 0.15) is 19.3 Å². The minimum Gasteiger partial charge on any atom is -0.388 e. The summed E-state index contributed by atoms with van der Waals surface area (Å²) in [6.07, 6.45) is 5.70. The normalized spacial score (nSPS) is 22.9. The van der Waals surface area contributed by atoms with Crippen LogP contribution in [0.4, 0.5) is 10.2 Å². The Morgan fingerprint density at radius 1 is 1.33 bits per heavy atom. The summed E-state index contributed by atoms with van der Waals surface area (Å²) in [5, 5.41) is 14.7. The van der Waals surface area contributed by atoms with Gasteiger partial charge in [-0.2, -0.15) is 0 Å². The lowest BCUT2D eigenvalue weighted by Crippen LogP contribution is -2.46. The zero-order valence-electron chi connectivity index (χ0n) is 14.6. The van der Waals surface area contributed by atoms with Gasteiger partial charge < -0.3 is 20.1 Å². The fraction of sp³-hybridized carbons (Fsp3) is 0.389. The van der Waals surface area contributed by atoms with E-state index in [-0.39, 0.29) is 18.0 Å². The van der Waals surface area contributed by atoms with Crippen LogP contribution in [0.2, 0.25) is 5.02 Å². The van der Waals surface area contributed by atoms with Crippen LogP contribution in [0.25, 0.3) is 22.4 Å². The van der Waals surface area contributed by atoms with Crippen molar-refractivity contribution in [1.82, 2.24) is 19.9 Å². The highest BCUT2D eigenvalue weighted by Crippen LogP contribution is 2.29. The Morgan fingerprint density at radius 3 is 3.00 bits per heavy atom. The van der Waals surface area contributed by atoms with Crippen molar-refractivity contribution >= 4 is 28.5 Å². The second-order valence-corrected chi connectivity index (χ2v) is 7.03. The van der Waals surface area contributed by atoms with E-state index >= 15 is 0 Å². The van der Waals surface area contributed by atoms with Crippen LogP contribution in [0, 0.1) is 5.82 Å². The first-order valence-corrected chi connectivity index (χ1v) is 9.07. The first kappa shape index (κ1) is 18.1. The molecule has 1 aliphatic carbocycles. The SMILES string of the molecule is CO[C@@H]1CCC[C@H](Nc2nc(-c3c[nH]c4ncc(Cl)cc34)ncc2F)[C@H]1O. The first-order chi connectivity index (χ1) is 13.1. The van der Waals surface area contributed by atoms with Crippen LogP contribution in [-0.2, 0) is 4.74 Å². The number of fused-ring (bicyclic) bond motifs is 1. The molecule has 3 atom stereocenters. The van der Waals surface area contributed by atoms with Gasteiger partial charge in [-0.3, -0.25) is 0 Å². The number of aliphatic hydroxyl groups excluding tert-OH is 1. The summed E-state index contributed by atoms with van der Waals surface area (Å²) < 4.78 is 19.6. The van der Waals surface area contributed by atoms with Gasteiger partial charge in [-0.25, -0.2) is 19.3 Å². The Balaban J connectivity index is 1.66. The number of aromatic amines is 1. The van der Waals surface area contributed by atoms with E-state index in [2.05, 4.69) is 25.3 Å². The summed E-state index contributed by atoms with van der Waals surface area (Å²) in [5.41, 5.74) is 1.31. The number of rotatable bonds is 4. The minimum absolute atomic E-state index is 0.0464. The van der Waals surface area contributed by atoms with Gasteiger partial charge in [0.1, 0.15) is 11.8 Å². The summed E-state index contributed by atoms with van der Waals surface area (Å²) in [6, 6.07) is 1.41. The molecule has 142 valence electrons. The molecule has 7 nitrogen and oxygen atoms in total. The molecule has 0 radical (unpaired) electrons. The zero-order chi connectivity index (χ0) is 19.0. The van der Waals surface area contributed by atoms with E-state index in [4.69, 9.17) is 16.3 Å². The maximum Gasteiger partial charge on any atom is 0.183 e. The van der Waals surface area contributed by atoms with Crippen molar-refractivity contribution in [2.75, 3.05) is 12.4 Å². The zero-order valence-corrected chi connectivity index (χ0v) is 15.4. The number of nitrogens with one attached hydrogen (secondary N) is 2. The Morgan fingerprint density at radius 2 is 2.19 bits per heavy atom. The van der Waals surface area contributed by atoms with Crippen molar-refractivity contribution in [3.63, 3.8) is 0 Å². The predicted octanol–water partition coefficient (Wildman–Crippen LogP) is 3.15. The quantitative estimate of drug-likeness (QED) is 0.632. The lowest BCUT2D eigenvalue weighted by Gasteiger charge is -2.34. The molecular formula is C18H19ClFN5O2. The summed E-state index contributed by atoms with van der Waals surface area (Å²) in [5.74, 6) is -0.200. The molecule has 0 amide bonds. The number of methoxy groups -OCH3 is 1. The van der Waals surface area contributed by atoms with Crippen LogP contribution in [0.15, 0.2) is 24.7 Å². The average molecular weight is 392 g/mol. The lowest BCUT2D eigenvalue weighted by atomic mass is 9.90. The molecule has 0 saturated heterocycles. The highest BCUT2D eigenvalue weighted by molar-refractivity contribution is 6.31. The summed E-state index contributed by atoms with van der Waals surface area (Å²) in [4.78, 5) is 15.7. The monoisotopic (exact) mass is 391 g/mol. The Labute approximate surface area is 160 Å². The second kappa shape index (κ2) is 7.38. The molecule has 0 bridgehead atoms. The third-order valence-electron chi connectivity index (χ3n) is 4.90. The molecule has 3 aromatic rings. The number of pyridine rings is 1. The number of nitrogens with zero attached hydrogens (tertiary/aromatic N) is 3. The second-order valence-electron chi connectivity index (χ2n) is 6.59. The van der Waals surface area contributed by atoms with Crippen molar-refractivity contribution in [3.8, 4) is 11.4 Å². The van der Waals surface area contributed by atoms with Crippen LogP contribution in [0.3, 0.4) is 0 Å². The van der Waals surface area contributed by atoms with E-state index in [0.717, 1.165) is 24.4 Å². The van der Waals surface area contributed by atoms with E-state index in [1.807, 2.05) is 0 Å². The third-order valence-corrected chi connectivity index (χ3v) is 5.11. The lowest BCUT2D eigenvalue weighted by molar-refractivity contribution is -0.0421. The topological polar surface area (TPSA) is 96.0 Å². The van der Waals surface area contributed by atoms with Gasteiger partial charge in [-0.15, -0.1) is 0 Å². The minimum atomic E-state index is -0.738. The van der Waals surface area contributed by atoms with Crippen LogP contribution >= 0.6 is 11.6 Å². The highest BCUT2D eigenvalue weighted by Gasteiger charge is 2.32. The van der Waals surface area contributed by atoms with Crippen molar-refractivity contribution in [2.45, 2.75) is 37.5 Å². The molecule has 27 heavy (non-hydrogen) atoms. The molecule has 4 rings (SSSR count). The summed E-state index contributed by atoms with van der Waals surface area (Å²) in [7, 11) is 1.57. The molecule has 3 aromatic heterocycles. The number of aliphatic hydroxyl groups is 1. The highest BCUT2D eigenvalue weighted by atomic mass is 35.5. The molecule has 1 saturated carbocycles. The number of anilines is 1. The maximum absolute atomic E-state index is 14.3. The van der Waals surface area contributed by atoms with Gasteiger partial charge in [0, 0.05) is 30.5 Å². The number of H-pyrrole nitrogens is 1. The van der Waals surface area contributed by atoms with Gasteiger partial charge in [0.15, 0.2) is 17.5 Å². The largest absolute Gasteiger partial charge is 0.388 e. The Kier molecular flexibility index (Phi) is 4.94. The van der Waals surface area contributed by atoms with Gasteiger partial charge >= 0.3 is 0 Å². The van der Waals surface area contributed by atoms with Gasteiger partial charge in [0.05, 0.1) is 23.4 Å². The van der Waals surface area contributed by atoms with Crippen LogP contribution in [-0.4, -0.2) is 50.4 Å². The molecule has 3 N–H and O–H groups in total. The van der Waals surface area contributed by atoms with E-state index < -0.39 is 11.9 Å². The van der Waals surface area contributed by atoms with Gasteiger partial charge in [0.25, 0.3) is 0 Å². The Bertz CT molecular complexity index is 966.